The lowest BCUT2D eigenvalue weighted by atomic mass is 9.94. The number of carbonyl (C=O) groups is 1. The number of aromatic amines is 1. The minimum atomic E-state index is 0.0488. The van der Waals surface area contributed by atoms with E-state index in [4.69, 9.17) is 0 Å². The summed E-state index contributed by atoms with van der Waals surface area (Å²) < 4.78 is 0. The summed E-state index contributed by atoms with van der Waals surface area (Å²) in [6.45, 7) is 9.54. The summed E-state index contributed by atoms with van der Waals surface area (Å²) in [5, 5.41) is 4.42. The SMILES string of the molecule is CCN(CC)Cc1ccccc1CNC(=O)N1CCC(c2cc3ccccc3[nH]2)CC1. The van der Waals surface area contributed by atoms with Gasteiger partial charge in [0.2, 0.25) is 0 Å². The molecule has 5 heteroatoms. The van der Waals surface area contributed by atoms with Crippen LogP contribution in [0.5, 0.6) is 0 Å². The third-order valence-corrected chi connectivity index (χ3v) is 6.61. The molecule has 164 valence electrons. The first-order valence-corrected chi connectivity index (χ1v) is 11.6. The molecule has 5 nitrogen and oxygen atoms in total. The highest BCUT2D eigenvalue weighted by Gasteiger charge is 2.24. The van der Waals surface area contributed by atoms with Gasteiger partial charge in [-0.3, -0.25) is 4.90 Å². The summed E-state index contributed by atoms with van der Waals surface area (Å²) in [7, 11) is 0. The average Bonchev–Trinajstić information content (AvgIpc) is 3.26. The molecule has 1 aliphatic rings. The van der Waals surface area contributed by atoms with E-state index in [0.29, 0.717) is 12.5 Å². The minimum absolute atomic E-state index is 0.0488. The molecule has 0 radical (unpaired) electrons. The van der Waals surface area contributed by atoms with Crippen LogP contribution in [0.1, 0.15) is 49.4 Å². The van der Waals surface area contributed by atoms with E-state index in [2.05, 4.69) is 83.6 Å². The molecule has 1 aliphatic heterocycles. The van der Waals surface area contributed by atoms with Crippen molar-refractivity contribution in [2.75, 3.05) is 26.2 Å². The number of fused-ring (bicyclic) bond motifs is 1. The normalized spacial score (nSPS) is 15.0. The van der Waals surface area contributed by atoms with Crippen LogP contribution in [-0.4, -0.2) is 47.0 Å². The van der Waals surface area contributed by atoms with E-state index in [1.54, 1.807) is 0 Å². The second kappa shape index (κ2) is 10.0. The number of nitrogens with one attached hydrogen (secondary N) is 2. The largest absolute Gasteiger partial charge is 0.358 e. The number of carbonyl (C=O) groups excluding carboxylic acids is 1. The lowest BCUT2D eigenvalue weighted by Crippen LogP contribution is -2.44. The van der Waals surface area contributed by atoms with Gasteiger partial charge < -0.3 is 15.2 Å². The molecule has 0 unspecified atom stereocenters. The van der Waals surface area contributed by atoms with Crippen LogP contribution in [0.3, 0.4) is 0 Å². The smallest absolute Gasteiger partial charge is 0.317 e. The van der Waals surface area contributed by atoms with E-state index in [-0.39, 0.29) is 6.03 Å². The number of hydrogen-bond donors (Lipinski definition) is 2. The van der Waals surface area contributed by atoms with Crippen molar-refractivity contribution in [3.8, 4) is 0 Å². The van der Waals surface area contributed by atoms with Crippen molar-refractivity contribution in [2.24, 2.45) is 0 Å². The molecule has 1 fully saturated rings. The van der Waals surface area contributed by atoms with Crippen molar-refractivity contribution in [1.29, 1.82) is 0 Å². The van der Waals surface area contributed by atoms with Crippen molar-refractivity contribution in [2.45, 2.75) is 45.7 Å². The summed E-state index contributed by atoms with van der Waals surface area (Å²) >= 11 is 0. The van der Waals surface area contributed by atoms with Gasteiger partial charge in [-0.15, -0.1) is 0 Å². The number of hydrogen-bond acceptors (Lipinski definition) is 2. The van der Waals surface area contributed by atoms with E-state index in [0.717, 1.165) is 45.6 Å². The monoisotopic (exact) mass is 418 g/mol. The Kier molecular flexibility index (Phi) is 6.92. The predicted octanol–water partition coefficient (Wildman–Crippen LogP) is 5.10. The van der Waals surface area contributed by atoms with E-state index >= 15 is 0 Å². The first-order chi connectivity index (χ1) is 15.2. The Hall–Kier alpha value is -2.79. The molecule has 0 saturated carbocycles. The Labute approximate surface area is 185 Å². The number of para-hydroxylation sites is 1. The fraction of sp³-hybridized carbons (Fsp3) is 0.423. The molecule has 0 aliphatic carbocycles. The third-order valence-electron chi connectivity index (χ3n) is 6.61. The standard InChI is InChI=1S/C26H34N4O/c1-3-29(4-2)19-23-11-6-5-10-22(23)18-27-26(31)30-15-13-20(14-16-30)25-17-21-9-7-8-12-24(21)28-25/h5-12,17,20,28H,3-4,13-16,18-19H2,1-2H3,(H,27,31). The van der Waals surface area contributed by atoms with Gasteiger partial charge in [0.15, 0.2) is 0 Å². The van der Waals surface area contributed by atoms with Crippen LogP contribution in [0.4, 0.5) is 4.79 Å². The number of rotatable bonds is 7. The number of piperidine rings is 1. The van der Waals surface area contributed by atoms with Gasteiger partial charge in [-0.2, -0.15) is 0 Å². The highest BCUT2D eigenvalue weighted by molar-refractivity contribution is 5.80. The molecule has 2 heterocycles. The number of benzene rings is 2. The number of amides is 2. The molecule has 2 amide bonds. The van der Waals surface area contributed by atoms with Crippen molar-refractivity contribution < 1.29 is 4.79 Å². The molecule has 2 aromatic carbocycles. The maximum atomic E-state index is 12.8. The van der Waals surface area contributed by atoms with E-state index in [1.807, 2.05) is 4.90 Å². The zero-order chi connectivity index (χ0) is 21.6. The maximum Gasteiger partial charge on any atom is 0.317 e. The van der Waals surface area contributed by atoms with Gasteiger partial charge in [-0.05, 0) is 54.6 Å². The minimum Gasteiger partial charge on any atom is -0.358 e. The lowest BCUT2D eigenvalue weighted by Gasteiger charge is -2.31. The Morgan fingerprint density at radius 3 is 2.42 bits per heavy atom. The fourth-order valence-electron chi connectivity index (χ4n) is 4.56. The highest BCUT2D eigenvalue weighted by Crippen LogP contribution is 2.29. The zero-order valence-electron chi connectivity index (χ0n) is 18.7. The van der Waals surface area contributed by atoms with Gasteiger partial charge in [0.05, 0.1) is 0 Å². The Morgan fingerprint density at radius 2 is 1.71 bits per heavy atom. The van der Waals surface area contributed by atoms with Gasteiger partial charge in [-0.25, -0.2) is 4.79 Å². The van der Waals surface area contributed by atoms with Crippen LogP contribution in [0.2, 0.25) is 0 Å². The number of likely N-dealkylation sites (tertiary alicyclic amines) is 1. The molecule has 0 bridgehead atoms. The van der Waals surface area contributed by atoms with Crippen molar-refractivity contribution in [1.82, 2.24) is 20.1 Å². The molecular weight excluding hydrogens is 384 g/mol. The second-order valence-corrected chi connectivity index (χ2v) is 8.46. The topological polar surface area (TPSA) is 51.4 Å². The Morgan fingerprint density at radius 1 is 1.03 bits per heavy atom. The molecule has 0 atom stereocenters. The van der Waals surface area contributed by atoms with Crippen LogP contribution in [0, 0.1) is 0 Å². The molecular formula is C26H34N4O. The quantitative estimate of drug-likeness (QED) is 0.561. The summed E-state index contributed by atoms with van der Waals surface area (Å²) in [5.74, 6) is 0.492. The molecule has 4 rings (SSSR count). The van der Waals surface area contributed by atoms with Gasteiger partial charge in [0.1, 0.15) is 0 Å². The number of urea groups is 1. The van der Waals surface area contributed by atoms with Crippen molar-refractivity contribution in [3.63, 3.8) is 0 Å². The van der Waals surface area contributed by atoms with E-state index in [9.17, 15) is 4.79 Å². The highest BCUT2D eigenvalue weighted by atomic mass is 16.2. The molecule has 1 aromatic heterocycles. The van der Waals surface area contributed by atoms with E-state index in [1.165, 1.54) is 27.7 Å². The molecule has 1 saturated heterocycles. The summed E-state index contributed by atoms with van der Waals surface area (Å²) in [6, 6.07) is 19.2. The Bertz CT molecular complexity index is 966. The van der Waals surface area contributed by atoms with Crippen LogP contribution in [0.25, 0.3) is 10.9 Å². The maximum absolute atomic E-state index is 12.8. The second-order valence-electron chi connectivity index (χ2n) is 8.46. The number of aromatic nitrogens is 1. The van der Waals surface area contributed by atoms with Gasteiger partial charge in [0.25, 0.3) is 0 Å². The lowest BCUT2D eigenvalue weighted by molar-refractivity contribution is 0.180. The summed E-state index contributed by atoms with van der Waals surface area (Å²) in [5.41, 5.74) is 4.99. The average molecular weight is 419 g/mol. The van der Waals surface area contributed by atoms with Crippen LogP contribution < -0.4 is 5.32 Å². The molecule has 2 N–H and O–H groups in total. The number of nitrogens with zero attached hydrogens (tertiary/aromatic N) is 2. The van der Waals surface area contributed by atoms with Crippen LogP contribution in [-0.2, 0) is 13.1 Å². The first-order valence-electron chi connectivity index (χ1n) is 11.6. The van der Waals surface area contributed by atoms with Crippen molar-refractivity contribution >= 4 is 16.9 Å². The molecule has 31 heavy (non-hydrogen) atoms. The van der Waals surface area contributed by atoms with Gasteiger partial charge >= 0.3 is 6.03 Å². The molecule has 0 spiro atoms. The van der Waals surface area contributed by atoms with Gasteiger partial charge in [-0.1, -0.05) is 56.3 Å². The van der Waals surface area contributed by atoms with Gasteiger partial charge in [0, 0.05) is 43.3 Å². The molecule has 3 aromatic rings. The fourth-order valence-corrected chi connectivity index (χ4v) is 4.56. The van der Waals surface area contributed by atoms with Crippen LogP contribution >= 0.6 is 0 Å². The third kappa shape index (κ3) is 5.10. The first kappa shape index (κ1) is 21.4. The summed E-state index contributed by atoms with van der Waals surface area (Å²) in [4.78, 5) is 20.7. The van der Waals surface area contributed by atoms with E-state index < -0.39 is 0 Å². The summed E-state index contributed by atoms with van der Waals surface area (Å²) in [6.07, 6.45) is 2.00. The number of H-pyrrole nitrogens is 1. The van der Waals surface area contributed by atoms with Crippen LogP contribution in [0.15, 0.2) is 54.6 Å². The zero-order valence-corrected chi connectivity index (χ0v) is 18.7. The predicted molar refractivity (Wildman–Crippen MR) is 127 cm³/mol. The Balaban J connectivity index is 1.31. The van der Waals surface area contributed by atoms with Crippen molar-refractivity contribution in [3.05, 3.63) is 71.4 Å².